The van der Waals surface area contributed by atoms with Crippen molar-refractivity contribution in [2.24, 2.45) is 0 Å². The van der Waals surface area contributed by atoms with Gasteiger partial charge in [-0.25, -0.2) is 14.2 Å². The third-order valence-electron chi connectivity index (χ3n) is 4.91. The van der Waals surface area contributed by atoms with Crippen molar-refractivity contribution in [2.75, 3.05) is 5.32 Å². The van der Waals surface area contributed by atoms with Gasteiger partial charge in [0.25, 0.3) is 0 Å². The zero-order valence-corrected chi connectivity index (χ0v) is 17.8. The van der Waals surface area contributed by atoms with Gasteiger partial charge in [0.05, 0.1) is 5.69 Å². The maximum absolute atomic E-state index is 5.65. The third-order valence-corrected chi connectivity index (χ3v) is 5.20. The molecule has 0 radical (unpaired) electrons. The van der Waals surface area contributed by atoms with Crippen LogP contribution < -0.4 is 5.32 Å². The Morgan fingerprint density at radius 3 is 2.71 bits per heavy atom. The standard InChI is InChI=1S/C23H19N7S/c1-15-5-3-7-18(11-15)27-23(31)30-13-19(17-9-10-21-24-14-25-29(21)12-17)22(28-30)20-8-4-6-16(2)26-20/h3-14H,1-2H3,(H,27,31). The van der Waals surface area contributed by atoms with Crippen molar-refractivity contribution in [1.82, 2.24) is 29.4 Å². The molecule has 0 fully saturated rings. The second-order valence-corrected chi connectivity index (χ2v) is 7.67. The summed E-state index contributed by atoms with van der Waals surface area (Å²) in [6.45, 7) is 4.01. The molecule has 0 saturated heterocycles. The topological polar surface area (TPSA) is 72.9 Å². The van der Waals surface area contributed by atoms with Crippen LogP contribution in [-0.4, -0.2) is 34.5 Å². The van der Waals surface area contributed by atoms with E-state index in [2.05, 4.69) is 20.4 Å². The molecule has 152 valence electrons. The van der Waals surface area contributed by atoms with Gasteiger partial charge in [0, 0.05) is 34.9 Å². The summed E-state index contributed by atoms with van der Waals surface area (Å²) >= 11 is 5.65. The van der Waals surface area contributed by atoms with Crippen molar-refractivity contribution in [3.8, 4) is 22.5 Å². The molecule has 0 saturated carbocycles. The van der Waals surface area contributed by atoms with Crippen molar-refractivity contribution in [3.63, 3.8) is 0 Å². The van der Waals surface area contributed by atoms with E-state index in [9.17, 15) is 0 Å². The van der Waals surface area contributed by atoms with Gasteiger partial charge < -0.3 is 5.32 Å². The van der Waals surface area contributed by atoms with E-state index in [0.29, 0.717) is 5.11 Å². The molecule has 0 spiro atoms. The van der Waals surface area contributed by atoms with Gasteiger partial charge in [0.2, 0.25) is 0 Å². The lowest BCUT2D eigenvalue weighted by Crippen LogP contribution is -2.19. The molecule has 0 unspecified atom stereocenters. The van der Waals surface area contributed by atoms with E-state index in [1.807, 2.05) is 80.8 Å². The van der Waals surface area contributed by atoms with Crippen LogP contribution in [0.5, 0.6) is 0 Å². The van der Waals surface area contributed by atoms with Gasteiger partial charge in [-0.3, -0.25) is 4.98 Å². The van der Waals surface area contributed by atoms with E-state index in [1.165, 1.54) is 6.33 Å². The first-order valence-corrected chi connectivity index (χ1v) is 10.2. The molecular formula is C23H19N7S. The molecule has 31 heavy (non-hydrogen) atoms. The average Bonchev–Trinajstić information content (AvgIpc) is 3.40. The molecule has 0 aliphatic carbocycles. The largest absolute Gasteiger partial charge is 0.331 e. The Labute approximate surface area is 184 Å². The zero-order chi connectivity index (χ0) is 21.4. The summed E-state index contributed by atoms with van der Waals surface area (Å²) in [5.74, 6) is 0. The van der Waals surface area contributed by atoms with E-state index in [4.69, 9.17) is 17.3 Å². The van der Waals surface area contributed by atoms with Crippen LogP contribution >= 0.6 is 12.2 Å². The maximum Gasteiger partial charge on any atom is 0.198 e. The first kappa shape index (κ1) is 19.1. The summed E-state index contributed by atoms with van der Waals surface area (Å²) in [6, 6.07) is 17.9. The monoisotopic (exact) mass is 425 g/mol. The van der Waals surface area contributed by atoms with Crippen molar-refractivity contribution >= 4 is 28.7 Å². The Hall–Kier alpha value is -3.91. The van der Waals surface area contributed by atoms with Gasteiger partial charge in [0.15, 0.2) is 10.8 Å². The van der Waals surface area contributed by atoms with E-state index in [0.717, 1.165) is 45.1 Å². The van der Waals surface area contributed by atoms with Gasteiger partial charge >= 0.3 is 0 Å². The molecule has 0 amide bonds. The smallest absolute Gasteiger partial charge is 0.198 e. The Morgan fingerprint density at radius 2 is 1.87 bits per heavy atom. The first-order valence-electron chi connectivity index (χ1n) is 9.78. The highest BCUT2D eigenvalue weighted by molar-refractivity contribution is 7.80. The lowest BCUT2D eigenvalue weighted by Gasteiger charge is -2.08. The minimum absolute atomic E-state index is 0.479. The number of aromatic nitrogens is 6. The van der Waals surface area contributed by atoms with Crippen molar-refractivity contribution < 1.29 is 0 Å². The SMILES string of the molecule is Cc1cccc(NC(=S)n2cc(-c3ccc4ncnn4c3)c(-c3cccc(C)n3)n2)c1. The number of thiocarbonyl (C=S) groups is 1. The first-order chi connectivity index (χ1) is 15.1. The van der Waals surface area contributed by atoms with Crippen LogP contribution in [-0.2, 0) is 0 Å². The van der Waals surface area contributed by atoms with Crippen LogP contribution in [0.2, 0.25) is 0 Å². The minimum Gasteiger partial charge on any atom is -0.331 e. The highest BCUT2D eigenvalue weighted by Crippen LogP contribution is 2.30. The molecule has 5 aromatic rings. The molecule has 5 rings (SSSR count). The highest BCUT2D eigenvalue weighted by Gasteiger charge is 2.17. The number of nitrogens with zero attached hydrogens (tertiary/aromatic N) is 6. The second kappa shape index (κ2) is 7.73. The van der Waals surface area contributed by atoms with Gasteiger partial charge in [-0.15, -0.1) is 0 Å². The molecule has 0 atom stereocenters. The number of hydrogen-bond acceptors (Lipinski definition) is 5. The van der Waals surface area contributed by atoms with Crippen LogP contribution in [0.3, 0.4) is 0 Å². The van der Waals surface area contributed by atoms with E-state index in [-0.39, 0.29) is 0 Å². The number of aryl methyl sites for hydroxylation is 2. The quantitative estimate of drug-likeness (QED) is 0.429. The second-order valence-electron chi connectivity index (χ2n) is 7.28. The predicted octanol–water partition coefficient (Wildman–Crippen LogP) is 4.52. The average molecular weight is 426 g/mol. The zero-order valence-electron chi connectivity index (χ0n) is 17.0. The van der Waals surface area contributed by atoms with Gasteiger partial charge in [-0.1, -0.05) is 18.2 Å². The maximum atomic E-state index is 5.65. The van der Waals surface area contributed by atoms with Crippen molar-refractivity contribution in [3.05, 3.63) is 84.6 Å². The van der Waals surface area contributed by atoms with Gasteiger partial charge in [0.1, 0.15) is 12.0 Å². The predicted molar refractivity (Wildman–Crippen MR) is 125 cm³/mol. The highest BCUT2D eigenvalue weighted by atomic mass is 32.1. The third kappa shape index (κ3) is 3.80. The minimum atomic E-state index is 0.479. The Balaban J connectivity index is 1.60. The number of hydrogen-bond donors (Lipinski definition) is 1. The van der Waals surface area contributed by atoms with Crippen LogP contribution in [0.4, 0.5) is 5.69 Å². The van der Waals surface area contributed by atoms with E-state index < -0.39 is 0 Å². The van der Waals surface area contributed by atoms with E-state index >= 15 is 0 Å². The molecule has 8 heteroatoms. The lowest BCUT2D eigenvalue weighted by atomic mass is 10.1. The summed E-state index contributed by atoms with van der Waals surface area (Å²) in [5, 5.41) is 12.8. The van der Waals surface area contributed by atoms with Crippen LogP contribution in [0, 0.1) is 13.8 Å². The lowest BCUT2D eigenvalue weighted by molar-refractivity contribution is 0.947. The molecular weight excluding hydrogens is 406 g/mol. The molecule has 7 nitrogen and oxygen atoms in total. The molecule has 0 aliphatic heterocycles. The number of nitrogens with one attached hydrogen (secondary N) is 1. The number of benzene rings is 1. The Morgan fingerprint density at radius 1 is 1.00 bits per heavy atom. The fourth-order valence-electron chi connectivity index (χ4n) is 3.43. The molecule has 0 bridgehead atoms. The fourth-order valence-corrected chi connectivity index (χ4v) is 3.64. The van der Waals surface area contributed by atoms with Crippen molar-refractivity contribution in [1.29, 1.82) is 0 Å². The summed E-state index contributed by atoms with van der Waals surface area (Å²) in [4.78, 5) is 8.90. The molecule has 4 heterocycles. The summed E-state index contributed by atoms with van der Waals surface area (Å²) in [5.41, 5.74) is 7.15. The van der Waals surface area contributed by atoms with Gasteiger partial charge in [-0.2, -0.15) is 10.2 Å². The molecule has 4 aromatic heterocycles. The molecule has 1 aromatic carbocycles. The number of pyridine rings is 2. The number of anilines is 1. The molecule has 1 N–H and O–H groups in total. The summed E-state index contributed by atoms with van der Waals surface area (Å²) in [7, 11) is 0. The Bertz CT molecular complexity index is 1420. The van der Waals surface area contributed by atoms with E-state index in [1.54, 1.807) is 9.20 Å². The van der Waals surface area contributed by atoms with Crippen molar-refractivity contribution in [2.45, 2.75) is 13.8 Å². The summed E-state index contributed by atoms with van der Waals surface area (Å²) in [6.07, 6.45) is 5.38. The van der Waals surface area contributed by atoms with Gasteiger partial charge in [-0.05, 0) is 68.0 Å². The Kier molecular flexibility index (Phi) is 4.76. The number of rotatable bonds is 3. The van der Waals surface area contributed by atoms with Crippen LogP contribution in [0.15, 0.2) is 73.3 Å². The summed E-state index contributed by atoms with van der Waals surface area (Å²) < 4.78 is 3.42. The van der Waals surface area contributed by atoms with Crippen LogP contribution in [0.1, 0.15) is 11.3 Å². The van der Waals surface area contributed by atoms with Crippen LogP contribution in [0.25, 0.3) is 28.2 Å². The number of fused-ring (bicyclic) bond motifs is 1. The molecule has 0 aliphatic rings. The normalized spacial score (nSPS) is 11.0. The fraction of sp³-hybridized carbons (Fsp3) is 0.0870.